The fourth-order valence-electron chi connectivity index (χ4n) is 4.85. The molecule has 1 N–H and O–H groups in total. The molecule has 0 aromatic carbocycles. The summed E-state index contributed by atoms with van der Waals surface area (Å²) >= 11 is -2.83. The first-order valence-corrected chi connectivity index (χ1v) is 24.7. The van der Waals surface area contributed by atoms with E-state index in [1.165, 1.54) is 56.4 Å². The van der Waals surface area contributed by atoms with Crippen molar-refractivity contribution in [2.24, 2.45) is 0 Å². The molecule has 9 heteroatoms. The Kier molecular flexibility index (Phi) is 12.7. The number of hydrogen-bond acceptors (Lipinski definition) is 5. The molecule has 2 rings (SSSR count). The van der Waals surface area contributed by atoms with Gasteiger partial charge in [-0.15, -0.1) is 0 Å². The second-order valence-corrected chi connectivity index (χ2v) is 29.2. The Hall–Kier alpha value is -0.424. The van der Waals surface area contributed by atoms with Gasteiger partial charge in [0.05, 0.1) is 0 Å². The molecule has 1 fully saturated rings. The van der Waals surface area contributed by atoms with Crippen molar-refractivity contribution in [2.45, 2.75) is 143 Å². The van der Waals surface area contributed by atoms with E-state index in [0.29, 0.717) is 18.6 Å². The molecule has 0 aliphatic carbocycles. The molecule has 1 aliphatic rings. The van der Waals surface area contributed by atoms with Gasteiger partial charge in [0.1, 0.15) is 0 Å². The van der Waals surface area contributed by atoms with E-state index >= 15 is 0 Å². The van der Waals surface area contributed by atoms with Gasteiger partial charge in [-0.05, 0) is 0 Å². The molecule has 0 amide bonds. The minimum atomic E-state index is -2.83. The van der Waals surface area contributed by atoms with Crippen LogP contribution in [0.5, 0.6) is 0 Å². The van der Waals surface area contributed by atoms with Crippen molar-refractivity contribution < 1.29 is 12.2 Å². The summed E-state index contributed by atoms with van der Waals surface area (Å²) in [5, 5.41) is 0.0638. The Bertz CT molecular complexity index is 933. The quantitative estimate of drug-likeness (QED) is 0.210. The molecule has 1 aromatic heterocycles. The predicted octanol–water partition coefficient (Wildman–Crippen LogP) is 6.89. The number of nitrogens with one attached hydrogen (secondary N) is 1. The Balaban J connectivity index is 2.35. The van der Waals surface area contributed by atoms with Gasteiger partial charge in [0.25, 0.3) is 0 Å². The van der Waals surface area contributed by atoms with Crippen molar-refractivity contribution in [2.75, 3.05) is 6.61 Å². The minimum absolute atomic E-state index is 0.0638. The Labute approximate surface area is 230 Å². The summed E-state index contributed by atoms with van der Waals surface area (Å²) in [6, 6.07) is 0. The summed E-state index contributed by atoms with van der Waals surface area (Å²) in [6.45, 7) is 20.3. The third-order valence-corrected chi connectivity index (χ3v) is 26.0. The predicted molar refractivity (Wildman–Crippen MR) is 158 cm³/mol. The van der Waals surface area contributed by atoms with Crippen LogP contribution in [0, 0.1) is 6.92 Å². The zero-order chi connectivity index (χ0) is 27.9. The maximum absolute atomic E-state index is 12.7. The molecule has 214 valence electrons. The first-order chi connectivity index (χ1) is 17.3. The van der Waals surface area contributed by atoms with Crippen LogP contribution in [0.2, 0.25) is 31.4 Å². The number of hydrogen-bond donors (Lipinski definition) is 1. The van der Waals surface area contributed by atoms with Gasteiger partial charge < -0.3 is 0 Å². The SMILES string of the molecule is CCC[CH2][Sn]([CH2]CCC)([CH2]CCC)[O]C[C@H]1O[C@@H](n2cc(C)c(=O)[nH]c2=O)C[C@@H]1O[Si](C)(C)C(C)(C)C. The van der Waals surface area contributed by atoms with Crippen molar-refractivity contribution in [1.29, 1.82) is 0 Å². The van der Waals surface area contributed by atoms with E-state index in [4.69, 9.17) is 12.2 Å². The van der Waals surface area contributed by atoms with Crippen molar-refractivity contribution in [1.82, 2.24) is 9.55 Å². The Morgan fingerprint density at radius 2 is 1.59 bits per heavy atom. The fourth-order valence-corrected chi connectivity index (χ4v) is 19.6. The van der Waals surface area contributed by atoms with Gasteiger partial charge in [-0.2, -0.15) is 0 Å². The molecule has 1 saturated heterocycles. The fraction of sp³-hybridized carbons (Fsp3) is 0.857. The number of aromatic amines is 1. The second kappa shape index (κ2) is 14.3. The van der Waals surface area contributed by atoms with Gasteiger partial charge in [0, 0.05) is 0 Å². The Morgan fingerprint density at radius 1 is 1.05 bits per heavy atom. The van der Waals surface area contributed by atoms with E-state index in [1.807, 2.05) is 0 Å². The number of aromatic nitrogens is 2. The van der Waals surface area contributed by atoms with Gasteiger partial charge in [-0.3, -0.25) is 0 Å². The number of unbranched alkanes of at least 4 members (excludes halogenated alkanes) is 3. The van der Waals surface area contributed by atoms with Crippen molar-refractivity contribution in [3.8, 4) is 0 Å². The molecule has 0 saturated carbocycles. The second-order valence-electron chi connectivity index (χ2n) is 12.6. The summed E-state index contributed by atoms with van der Waals surface area (Å²) in [6.07, 6.45) is 8.69. The van der Waals surface area contributed by atoms with E-state index in [9.17, 15) is 9.59 Å². The van der Waals surface area contributed by atoms with Crippen LogP contribution < -0.4 is 11.2 Å². The van der Waals surface area contributed by atoms with E-state index in [-0.39, 0.29) is 22.8 Å². The van der Waals surface area contributed by atoms with Gasteiger partial charge in [0.15, 0.2) is 0 Å². The third-order valence-electron chi connectivity index (χ3n) is 8.40. The van der Waals surface area contributed by atoms with Crippen LogP contribution in [-0.4, -0.2) is 55.5 Å². The molecule has 3 atom stereocenters. The van der Waals surface area contributed by atoms with Crippen LogP contribution in [0.25, 0.3) is 0 Å². The number of rotatable bonds is 15. The van der Waals surface area contributed by atoms with Crippen LogP contribution in [0.4, 0.5) is 0 Å². The summed E-state index contributed by atoms with van der Waals surface area (Å²) in [4.78, 5) is 27.1. The topological polar surface area (TPSA) is 82.5 Å². The zero-order valence-corrected chi connectivity index (χ0v) is 28.9. The van der Waals surface area contributed by atoms with Crippen molar-refractivity contribution >= 4 is 27.1 Å². The van der Waals surface area contributed by atoms with Crippen LogP contribution in [-0.2, 0) is 12.2 Å². The standard InChI is InChI=1S/C16H27N2O5Si.3C4H9.Sn/c1-10-8-18(15(21)17-14(10)20)13-7-11(12(9-19)22-13)23-24(5,6)16(2,3)4;3*1-3-4-2;/h8,11-13H,7,9H2,1-6H3,(H,17,20,21);3*1,3-4H2,2H3;/q-1;;;;+1/t11-,12+,13+;;;;/m0..../s1. The summed E-state index contributed by atoms with van der Waals surface area (Å²) in [5.74, 6) is 0. The molecule has 1 aliphatic heterocycles. The summed E-state index contributed by atoms with van der Waals surface area (Å²) < 4.78 is 25.9. The van der Waals surface area contributed by atoms with E-state index in [0.717, 1.165) is 0 Å². The molecule has 0 spiro atoms. The van der Waals surface area contributed by atoms with Gasteiger partial charge >= 0.3 is 231 Å². The number of ether oxygens (including phenoxy) is 1. The summed E-state index contributed by atoms with van der Waals surface area (Å²) in [5.41, 5.74) is -0.288. The molecular weight excluding hydrogens is 591 g/mol. The van der Waals surface area contributed by atoms with Crippen molar-refractivity contribution in [3.63, 3.8) is 0 Å². The molecular formula is C28H54N2O5SiSn. The first-order valence-electron chi connectivity index (χ1n) is 14.6. The zero-order valence-electron chi connectivity index (χ0n) is 25.1. The van der Waals surface area contributed by atoms with Crippen LogP contribution in [0.1, 0.15) is 98.3 Å². The normalized spacial score (nSPS) is 21.1. The molecule has 0 radical (unpaired) electrons. The number of H-pyrrole nitrogens is 1. The van der Waals surface area contributed by atoms with E-state index in [1.54, 1.807) is 13.1 Å². The maximum atomic E-state index is 12.7. The molecule has 0 unspecified atom stereocenters. The Morgan fingerprint density at radius 3 is 2.08 bits per heavy atom. The molecule has 2 heterocycles. The number of aryl methyl sites for hydroxylation is 1. The number of nitrogens with zero attached hydrogens (tertiary/aromatic N) is 1. The molecule has 7 nitrogen and oxygen atoms in total. The van der Waals surface area contributed by atoms with E-state index < -0.39 is 39.0 Å². The third kappa shape index (κ3) is 9.05. The van der Waals surface area contributed by atoms with Crippen LogP contribution >= 0.6 is 0 Å². The first kappa shape index (κ1) is 32.8. The average molecular weight is 646 g/mol. The van der Waals surface area contributed by atoms with Crippen molar-refractivity contribution in [3.05, 3.63) is 32.6 Å². The monoisotopic (exact) mass is 646 g/mol. The molecule has 0 bridgehead atoms. The van der Waals surface area contributed by atoms with Crippen LogP contribution in [0.3, 0.4) is 0 Å². The average Bonchev–Trinajstić information content (AvgIpc) is 3.21. The molecule has 37 heavy (non-hydrogen) atoms. The summed E-state index contributed by atoms with van der Waals surface area (Å²) in [7, 11) is -2.08. The van der Waals surface area contributed by atoms with Gasteiger partial charge in [0.2, 0.25) is 0 Å². The van der Waals surface area contributed by atoms with Gasteiger partial charge in [-0.1, -0.05) is 0 Å². The van der Waals surface area contributed by atoms with E-state index in [2.05, 4.69) is 59.6 Å². The molecule has 1 aromatic rings. The van der Waals surface area contributed by atoms with Crippen LogP contribution in [0.15, 0.2) is 15.8 Å². The van der Waals surface area contributed by atoms with Gasteiger partial charge in [-0.25, -0.2) is 0 Å².